The summed E-state index contributed by atoms with van der Waals surface area (Å²) < 4.78 is 12.4. The Morgan fingerprint density at radius 2 is 2.20 bits per heavy atom. The van der Waals surface area contributed by atoms with Crippen LogP contribution in [0.3, 0.4) is 0 Å². The van der Waals surface area contributed by atoms with E-state index >= 15 is 0 Å². The number of benzene rings is 1. The van der Waals surface area contributed by atoms with Gasteiger partial charge in [-0.05, 0) is 51.0 Å². The Bertz CT molecular complexity index is 437. The van der Waals surface area contributed by atoms with E-state index in [1.165, 1.54) is 5.56 Å². The van der Waals surface area contributed by atoms with Crippen LogP contribution in [0.4, 0.5) is 0 Å². The highest BCUT2D eigenvalue weighted by molar-refractivity contribution is 9.10. The zero-order valence-corrected chi connectivity index (χ0v) is 14.1. The van der Waals surface area contributed by atoms with E-state index in [4.69, 9.17) is 9.47 Å². The van der Waals surface area contributed by atoms with Crippen LogP contribution in [-0.2, 0) is 11.3 Å². The number of hydrogen-bond acceptors (Lipinski definition) is 3. The highest BCUT2D eigenvalue weighted by Crippen LogP contribution is 2.24. The summed E-state index contributed by atoms with van der Waals surface area (Å²) in [5.74, 6) is 1.47. The largest absolute Gasteiger partial charge is 0.493 e. The summed E-state index contributed by atoms with van der Waals surface area (Å²) in [6, 6.07) is 6.18. The second kappa shape index (κ2) is 6.92. The lowest BCUT2D eigenvalue weighted by atomic mass is 10.1. The van der Waals surface area contributed by atoms with Gasteiger partial charge in [0.1, 0.15) is 5.75 Å². The molecule has 1 aliphatic heterocycles. The van der Waals surface area contributed by atoms with Crippen molar-refractivity contribution in [3.63, 3.8) is 0 Å². The van der Waals surface area contributed by atoms with E-state index in [2.05, 4.69) is 54.2 Å². The second-order valence-corrected chi connectivity index (χ2v) is 7.25. The first-order chi connectivity index (χ1) is 9.44. The average Bonchev–Trinajstić information content (AvgIpc) is 2.88. The molecular formula is C16H24BrNO2. The predicted octanol–water partition coefficient (Wildman–Crippen LogP) is 3.75. The van der Waals surface area contributed by atoms with Crippen molar-refractivity contribution in [1.29, 1.82) is 0 Å². The quantitative estimate of drug-likeness (QED) is 0.884. The van der Waals surface area contributed by atoms with Crippen molar-refractivity contribution in [1.82, 2.24) is 5.32 Å². The molecule has 4 heteroatoms. The van der Waals surface area contributed by atoms with Gasteiger partial charge in [0, 0.05) is 29.1 Å². The smallest absolute Gasteiger partial charge is 0.119 e. The first-order valence-electron chi connectivity index (χ1n) is 7.18. The topological polar surface area (TPSA) is 30.5 Å². The van der Waals surface area contributed by atoms with E-state index in [0.717, 1.165) is 43.0 Å². The van der Waals surface area contributed by atoms with Crippen molar-refractivity contribution in [3.05, 3.63) is 28.2 Å². The van der Waals surface area contributed by atoms with Gasteiger partial charge in [-0.25, -0.2) is 0 Å². The van der Waals surface area contributed by atoms with Gasteiger partial charge in [-0.2, -0.15) is 0 Å². The maximum atomic E-state index is 5.89. The van der Waals surface area contributed by atoms with Crippen molar-refractivity contribution in [2.24, 2.45) is 5.92 Å². The molecule has 1 aliphatic rings. The molecule has 0 bridgehead atoms. The van der Waals surface area contributed by atoms with Crippen molar-refractivity contribution in [3.8, 4) is 5.75 Å². The zero-order valence-electron chi connectivity index (χ0n) is 12.5. The summed E-state index contributed by atoms with van der Waals surface area (Å²) in [6.45, 7) is 9.77. The van der Waals surface area contributed by atoms with E-state index < -0.39 is 0 Å². The molecular weight excluding hydrogens is 318 g/mol. The van der Waals surface area contributed by atoms with Crippen LogP contribution in [0, 0.1) is 5.92 Å². The molecule has 1 atom stereocenters. The minimum atomic E-state index is 0.109. The third-order valence-corrected chi connectivity index (χ3v) is 4.11. The molecule has 0 spiro atoms. The Labute approximate surface area is 130 Å². The molecule has 0 amide bonds. The summed E-state index contributed by atoms with van der Waals surface area (Å²) in [6.07, 6.45) is 1.11. The van der Waals surface area contributed by atoms with Crippen molar-refractivity contribution in [2.45, 2.75) is 39.3 Å². The van der Waals surface area contributed by atoms with Gasteiger partial charge in [0.15, 0.2) is 0 Å². The SMILES string of the molecule is CC(C)(C)NCc1cc(OCC2CCOC2)ccc1Br. The lowest BCUT2D eigenvalue weighted by Gasteiger charge is -2.21. The molecule has 1 unspecified atom stereocenters. The van der Waals surface area contributed by atoms with E-state index in [0.29, 0.717) is 5.92 Å². The lowest BCUT2D eigenvalue weighted by molar-refractivity contribution is 0.167. The fourth-order valence-corrected chi connectivity index (χ4v) is 2.45. The van der Waals surface area contributed by atoms with Gasteiger partial charge >= 0.3 is 0 Å². The third-order valence-electron chi connectivity index (χ3n) is 3.34. The summed E-state index contributed by atoms with van der Waals surface area (Å²) in [7, 11) is 0. The van der Waals surface area contributed by atoms with Gasteiger partial charge in [-0.15, -0.1) is 0 Å². The maximum absolute atomic E-state index is 5.89. The van der Waals surface area contributed by atoms with Crippen LogP contribution in [0.5, 0.6) is 5.75 Å². The molecule has 0 aliphatic carbocycles. The highest BCUT2D eigenvalue weighted by atomic mass is 79.9. The van der Waals surface area contributed by atoms with Gasteiger partial charge in [-0.1, -0.05) is 15.9 Å². The molecule has 2 rings (SSSR count). The van der Waals surface area contributed by atoms with Crippen LogP contribution >= 0.6 is 15.9 Å². The Morgan fingerprint density at radius 3 is 2.85 bits per heavy atom. The standard InChI is InChI=1S/C16H24BrNO2/c1-16(2,3)18-9-13-8-14(4-5-15(13)17)20-11-12-6-7-19-10-12/h4-5,8,12,18H,6-7,9-11H2,1-3H3. The fourth-order valence-electron chi connectivity index (χ4n) is 2.07. The van der Waals surface area contributed by atoms with Crippen LogP contribution < -0.4 is 10.1 Å². The second-order valence-electron chi connectivity index (χ2n) is 6.40. The number of halogens is 1. The molecule has 1 heterocycles. The van der Waals surface area contributed by atoms with E-state index in [1.54, 1.807) is 0 Å². The molecule has 1 N–H and O–H groups in total. The van der Waals surface area contributed by atoms with Gasteiger partial charge in [0.25, 0.3) is 0 Å². The minimum absolute atomic E-state index is 0.109. The van der Waals surface area contributed by atoms with Crippen LogP contribution in [0.15, 0.2) is 22.7 Å². The number of ether oxygens (including phenoxy) is 2. The van der Waals surface area contributed by atoms with Crippen molar-refractivity contribution < 1.29 is 9.47 Å². The predicted molar refractivity (Wildman–Crippen MR) is 85.2 cm³/mol. The monoisotopic (exact) mass is 341 g/mol. The van der Waals surface area contributed by atoms with Gasteiger partial charge < -0.3 is 14.8 Å². The lowest BCUT2D eigenvalue weighted by Crippen LogP contribution is -2.35. The molecule has 1 aromatic carbocycles. The highest BCUT2D eigenvalue weighted by Gasteiger charge is 2.16. The Kier molecular flexibility index (Phi) is 5.47. The zero-order chi connectivity index (χ0) is 14.6. The number of nitrogens with one attached hydrogen (secondary N) is 1. The van der Waals surface area contributed by atoms with Crippen molar-refractivity contribution >= 4 is 15.9 Å². The fraction of sp³-hybridized carbons (Fsp3) is 0.625. The first-order valence-corrected chi connectivity index (χ1v) is 7.97. The van der Waals surface area contributed by atoms with Crippen LogP contribution in [-0.4, -0.2) is 25.4 Å². The molecule has 1 fully saturated rings. The molecule has 0 radical (unpaired) electrons. The van der Waals surface area contributed by atoms with Gasteiger partial charge in [0.2, 0.25) is 0 Å². The normalized spacial score (nSPS) is 19.3. The molecule has 3 nitrogen and oxygen atoms in total. The number of rotatable bonds is 5. The summed E-state index contributed by atoms with van der Waals surface area (Å²) >= 11 is 3.60. The van der Waals surface area contributed by atoms with E-state index in [-0.39, 0.29) is 5.54 Å². The summed E-state index contributed by atoms with van der Waals surface area (Å²) in [5.41, 5.74) is 1.33. The third kappa shape index (κ3) is 5.08. The molecule has 0 saturated carbocycles. The minimum Gasteiger partial charge on any atom is -0.493 e. The van der Waals surface area contributed by atoms with E-state index in [1.807, 2.05) is 6.07 Å². The summed E-state index contributed by atoms with van der Waals surface area (Å²) in [4.78, 5) is 0. The van der Waals surface area contributed by atoms with Gasteiger partial charge in [0.05, 0.1) is 13.2 Å². The maximum Gasteiger partial charge on any atom is 0.119 e. The van der Waals surface area contributed by atoms with Crippen molar-refractivity contribution in [2.75, 3.05) is 19.8 Å². The Hall–Kier alpha value is -0.580. The molecule has 1 aromatic rings. The van der Waals surface area contributed by atoms with Gasteiger partial charge in [-0.3, -0.25) is 0 Å². The first kappa shape index (κ1) is 15.8. The Balaban J connectivity index is 1.93. The molecule has 1 saturated heterocycles. The van der Waals surface area contributed by atoms with Crippen LogP contribution in [0.2, 0.25) is 0 Å². The van der Waals surface area contributed by atoms with Crippen LogP contribution in [0.25, 0.3) is 0 Å². The molecule has 20 heavy (non-hydrogen) atoms. The van der Waals surface area contributed by atoms with Crippen LogP contribution in [0.1, 0.15) is 32.8 Å². The Morgan fingerprint density at radius 1 is 1.40 bits per heavy atom. The molecule has 112 valence electrons. The van der Waals surface area contributed by atoms with E-state index in [9.17, 15) is 0 Å². The molecule has 0 aromatic heterocycles. The number of hydrogen-bond donors (Lipinski definition) is 1. The summed E-state index contributed by atoms with van der Waals surface area (Å²) in [5, 5.41) is 3.50. The average molecular weight is 342 g/mol.